The zero-order chi connectivity index (χ0) is 25.9. The summed E-state index contributed by atoms with van der Waals surface area (Å²) in [5.41, 5.74) is 16.2. The maximum Gasteiger partial charge on any atom is 0.0788 e. The van der Waals surface area contributed by atoms with Crippen LogP contribution in [0.3, 0.4) is 0 Å². The van der Waals surface area contributed by atoms with Crippen molar-refractivity contribution in [3.63, 3.8) is 0 Å². The fourth-order valence-corrected chi connectivity index (χ4v) is 6.09. The number of benzene rings is 6. The first-order chi connectivity index (χ1) is 19.3. The van der Waals surface area contributed by atoms with Crippen LogP contribution in [0.4, 0.5) is 5.69 Å². The van der Waals surface area contributed by atoms with Gasteiger partial charge in [0.05, 0.1) is 22.1 Å². The van der Waals surface area contributed by atoms with E-state index in [1.165, 1.54) is 49.2 Å². The highest BCUT2D eigenvalue weighted by atomic mass is 15.0. The van der Waals surface area contributed by atoms with Crippen molar-refractivity contribution >= 4 is 49.3 Å². The van der Waals surface area contributed by atoms with Gasteiger partial charge in [0.25, 0.3) is 0 Å². The van der Waals surface area contributed by atoms with Crippen LogP contribution in [0.1, 0.15) is 0 Å². The van der Waals surface area contributed by atoms with Gasteiger partial charge in [-0.3, -0.25) is 0 Å². The van der Waals surface area contributed by atoms with Gasteiger partial charge >= 0.3 is 0 Å². The standard InChI is InChI=1S/C36H25N3/c37-26-18-14-24(15-19-26)25-16-20-28(21-17-25)39-34-13-7-5-11-30(34)32-23-22-31-29-10-4-6-12-33(29)38(35(31)36(32)39)27-8-2-1-3-9-27/h1-23H,37H2. The summed E-state index contributed by atoms with van der Waals surface area (Å²) < 4.78 is 4.85. The molecule has 0 fully saturated rings. The van der Waals surface area contributed by atoms with E-state index in [0.717, 1.165) is 22.6 Å². The highest BCUT2D eigenvalue weighted by Crippen LogP contribution is 2.41. The molecule has 0 saturated carbocycles. The Morgan fingerprint density at radius 2 is 0.795 bits per heavy atom. The third-order valence-corrected chi connectivity index (χ3v) is 7.85. The monoisotopic (exact) mass is 499 g/mol. The molecule has 0 bridgehead atoms. The molecule has 0 atom stereocenters. The Morgan fingerprint density at radius 3 is 1.33 bits per heavy atom. The van der Waals surface area contributed by atoms with Crippen LogP contribution < -0.4 is 5.73 Å². The molecule has 8 rings (SSSR count). The smallest absolute Gasteiger partial charge is 0.0788 e. The first-order valence-electron chi connectivity index (χ1n) is 13.2. The van der Waals surface area contributed by atoms with E-state index in [-0.39, 0.29) is 0 Å². The van der Waals surface area contributed by atoms with Crippen LogP contribution in [0.2, 0.25) is 0 Å². The average Bonchev–Trinajstić information content (AvgIpc) is 3.51. The average molecular weight is 500 g/mol. The van der Waals surface area contributed by atoms with Gasteiger partial charge in [-0.05, 0) is 59.7 Å². The van der Waals surface area contributed by atoms with E-state index >= 15 is 0 Å². The lowest BCUT2D eigenvalue weighted by Crippen LogP contribution is -1.98. The van der Waals surface area contributed by atoms with E-state index in [1.807, 2.05) is 12.1 Å². The molecule has 39 heavy (non-hydrogen) atoms. The van der Waals surface area contributed by atoms with Gasteiger partial charge in [0.15, 0.2) is 0 Å². The van der Waals surface area contributed by atoms with E-state index in [1.54, 1.807) is 0 Å². The van der Waals surface area contributed by atoms with Crippen LogP contribution in [0.5, 0.6) is 0 Å². The van der Waals surface area contributed by atoms with E-state index in [2.05, 4.69) is 137 Å². The third-order valence-electron chi connectivity index (χ3n) is 7.85. The lowest BCUT2D eigenvalue weighted by atomic mass is 10.0. The number of anilines is 1. The molecule has 0 aliphatic heterocycles. The third kappa shape index (κ3) is 3.23. The molecule has 2 heterocycles. The predicted octanol–water partition coefficient (Wildman–Crippen LogP) is 9.13. The molecule has 2 N–H and O–H groups in total. The molecule has 184 valence electrons. The fraction of sp³-hybridized carbons (Fsp3) is 0. The van der Waals surface area contributed by atoms with Gasteiger partial charge in [0.2, 0.25) is 0 Å². The van der Waals surface area contributed by atoms with Crippen molar-refractivity contribution in [1.29, 1.82) is 0 Å². The summed E-state index contributed by atoms with van der Waals surface area (Å²) in [5.74, 6) is 0. The number of nitrogen functional groups attached to an aromatic ring is 1. The SMILES string of the molecule is Nc1ccc(-c2ccc(-n3c4ccccc4c4ccc5c6ccccc6n(-c6ccccc6)c5c43)cc2)cc1. The molecule has 0 unspecified atom stereocenters. The predicted molar refractivity (Wildman–Crippen MR) is 165 cm³/mol. The first kappa shape index (κ1) is 21.8. The Balaban J connectivity index is 1.49. The highest BCUT2D eigenvalue weighted by Gasteiger charge is 2.20. The van der Waals surface area contributed by atoms with E-state index in [0.29, 0.717) is 0 Å². The van der Waals surface area contributed by atoms with Crippen molar-refractivity contribution < 1.29 is 0 Å². The van der Waals surface area contributed by atoms with Gasteiger partial charge in [-0.25, -0.2) is 0 Å². The summed E-state index contributed by atoms with van der Waals surface area (Å²) in [6.45, 7) is 0. The van der Waals surface area contributed by atoms with Gasteiger partial charge in [0.1, 0.15) is 0 Å². The van der Waals surface area contributed by atoms with Gasteiger partial charge in [-0.1, -0.05) is 91.0 Å². The minimum Gasteiger partial charge on any atom is -0.399 e. The van der Waals surface area contributed by atoms with Crippen molar-refractivity contribution in [2.75, 3.05) is 5.73 Å². The van der Waals surface area contributed by atoms with Crippen LogP contribution in [0, 0.1) is 0 Å². The lowest BCUT2D eigenvalue weighted by molar-refractivity contribution is 1.15. The molecular weight excluding hydrogens is 474 g/mol. The molecule has 3 heteroatoms. The topological polar surface area (TPSA) is 35.9 Å². The number of nitrogens with zero attached hydrogens (tertiary/aromatic N) is 2. The van der Waals surface area contributed by atoms with Gasteiger partial charge in [0, 0.05) is 38.6 Å². The summed E-state index contributed by atoms with van der Waals surface area (Å²) in [4.78, 5) is 0. The van der Waals surface area contributed by atoms with Crippen LogP contribution >= 0.6 is 0 Å². The van der Waals surface area contributed by atoms with Crippen molar-refractivity contribution in [3.8, 4) is 22.5 Å². The molecule has 0 radical (unpaired) electrons. The summed E-state index contributed by atoms with van der Waals surface area (Å²) in [6, 6.07) is 49.6. The Morgan fingerprint density at radius 1 is 0.359 bits per heavy atom. The molecule has 2 aromatic heterocycles. The normalized spacial score (nSPS) is 11.7. The van der Waals surface area contributed by atoms with Crippen LogP contribution in [0.15, 0.2) is 140 Å². The summed E-state index contributed by atoms with van der Waals surface area (Å²) in [6.07, 6.45) is 0. The molecule has 0 amide bonds. The van der Waals surface area contributed by atoms with Crippen molar-refractivity contribution in [2.24, 2.45) is 0 Å². The fourth-order valence-electron chi connectivity index (χ4n) is 6.09. The molecule has 0 spiro atoms. The molecule has 0 saturated heterocycles. The quantitative estimate of drug-likeness (QED) is 0.242. The number of aromatic nitrogens is 2. The molecule has 6 aromatic carbocycles. The second-order valence-electron chi connectivity index (χ2n) is 10.1. The minimum atomic E-state index is 0.776. The van der Waals surface area contributed by atoms with Crippen LogP contribution in [0.25, 0.3) is 66.1 Å². The van der Waals surface area contributed by atoms with Crippen LogP contribution in [-0.4, -0.2) is 9.13 Å². The molecule has 0 aliphatic rings. The second kappa shape index (κ2) is 8.37. The molecule has 8 aromatic rings. The number of hydrogen-bond acceptors (Lipinski definition) is 1. The van der Waals surface area contributed by atoms with Crippen molar-refractivity contribution in [2.45, 2.75) is 0 Å². The van der Waals surface area contributed by atoms with Gasteiger partial charge in [-0.2, -0.15) is 0 Å². The Labute approximate surface area is 226 Å². The summed E-state index contributed by atoms with van der Waals surface area (Å²) in [7, 11) is 0. The Kier molecular flexibility index (Phi) is 4.67. The Hall–Kier alpha value is -5.28. The van der Waals surface area contributed by atoms with E-state index < -0.39 is 0 Å². The number of hydrogen-bond donors (Lipinski definition) is 1. The van der Waals surface area contributed by atoms with Crippen molar-refractivity contribution in [1.82, 2.24) is 9.13 Å². The first-order valence-corrected chi connectivity index (χ1v) is 13.2. The van der Waals surface area contributed by atoms with Gasteiger partial charge in [-0.15, -0.1) is 0 Å². The van der Waals surface area contributed by atoms with E-state index in [9.17, 15) is 0 Å². The van der Waals surface area contributed by atoms with Crippen molar-refractivity contribution in [3.05, 3.63) is 140 Å². The summed E-state index contributed by atoms with van der Waals surface area (Å²) >= 11 is 0. The number of para-hydroxylation sites is 3. The zero-order valence-corrected chi connectivity index (χ0v) is 21.3. The number of nitrogens with two attached hydrogens (primary N) is 1. The Bertz CT molecular complexity index is 2150. The molecule has 3 nitrogen and oxygen atoms in total. The summed E-state index contributed by atoms with van der Waals surface area (Å²) in [5, 5.41) is 5.01. The molecular formula is C36H25N3. The van der Waals surface area contributed by atoms with Gasteiger partial charge < -0.3 is 14.9 Å². The largest absolute Gasteiger partial charge is 0.399 e. The second-order valence-corrected chi connectivity index (χ2v) is 10.1. The zero-order valence-electron chi connectivity index (χ0n) is 21.3. The molecule has 0 aliphatic carbocycles. The number of rotatable bonds is 3. The van der Waals surface area contributed by atoms with E-state index in [4.69, 9.17) is 5.73 Å². The maximum atomic E-state index is 5.92. The van der Waals surface area contributed by atoms with Crippen LogP contribution in [-0.2, 0) is 0 Å². The minimum absolute atomic E-state index is 0.776. The maximum absolute atomic E-state index is 5.92. The lowest BCUT2D eigenvalue weighted by Gasteiger charge is -2.13. The highest BCUT2D eigenvalue weighted by molar-refractivity contribution is 6.23. The number of fused-ring (bicyclic) bond motifs is 7.